The zero-order valence-electron chi connectivity index (χ0n) is 16.0. The Kier molecular flexibility index (Phi) is 5.50. The number of aliphatic hydroxyl groups is 1. The van der Waals surface area contributed by atoms with Crippen molar-refractivity contribution in [3.05, 3.63) is 59.7 Å². The number of sulfone groups is 1. The number of benzene rings is 2. The lowest BCUT2D eigenvalue weighted by molar-refractivity contribution is 0.115. The van der Waals surface area contributed by atoms with Crippen molar-refractivity contribution in [2.24, 2.45) is 0 Å². The second-order valence-electron chi connectivity index (χ2n) is 7.21. The summed E-state index contributed by atoms with van der Waals surface area (Å²) in [5.74, 6) is 0. The first kappa shape index (κ1) is 20.4. The third-order valence-corrected chi connectivity index (χ3v) is 7.94. The maximum absolute atomic E-state index is 13.8. The minimum absolute atomic E-state index is 0.0793. The van der Waals surface area contributed by atoms with Crippen LogP contribution in [0.3, 0.4) is 0 Å². The van der Waals surface area contributed by atoms with E-state index in [4.69, 9.17) is 0 Å². The number of unbranched alkanes of at least 4 members (excludes halogenated alkanes) is 2. The minimum Gasteiger partial charge on any atom is -0.465 e. The van der Waals surface area contributed by atoms with E-state index in [0.717, 1.165) is 23.3 Å². The number of rotatable bonds is 6. The van der Waals surface area contributed by atoms with Gasteiger partial charge in [0.25, 0.3) is 0 Å². The molecule has 0 radical (unpaired) electrons. The summed E-state index contributed by atoms with van der Waals surface area (Å²) in [5.41, 5.74) is 1.47. The summed E-state index contributed by atoms with van der Waals surface area (Å²) >= 11 is 0. The van der Waals surface area contributed by atoms with E-state index in [2.05, 4.69) is 0 Å². The number of hydrogen-bond donors (Lipinski definition) is 2. The van der Waals surface area contributed by atoms with Crippen LogP contribution in [0.25, 0.3) is 0 Å². The highest BCUT2D eigenvalue weighted by atomic mass is 32.2. The molecule has 1 aliphatic heterocycles. The van der Waals surface area contributed by atoms with Crippen molar-refractivity contribution < 1.29 is 23.4 Å². The topological polar surface area (TPSA) is 94.9 Å². The Bertz CT molecular complexity index is 971. The molecule has 28 heavy (non-hydrogen) atoms. The summed E-state index contributed by atoms with van der Waals surface area (Å²) in [6.07, 6.45) is -0.741. The fourth-order valence-corrected chi connectivity index (χ4v) is 6.15. The molecular weight excluding hydrogens is 378 g/mol. The lowest BCUT2D eigenvalue weighted by Crippen LogP contribution is -2.51. The fraction of sp³-hybridized carbons (Fsp3) is 0.381. The van der Waals surface area contributed by atoms with Crippen LogP contribution in [0.4, 0.5) is 10.5 Å². The molecule has 2 aromatic carbocycles. The lowest BCUT2D eigenvalue weighted by atomic mass is 9.92. The molecule has 0 fully saturated rings. The van der Waals surface area contributed by atoms with Crippen LogP contribution in [0.5, 0.6) is 0 Å². The molecule has 2 aromatic rings. The second kappa shape index (κ2) is 7.56. The van der Waals surface area contributed by atoms with Crippen molar-refractivity contribution in [2.75, 3.05) is 4.90 Å². The first-order valence-corrected chi connectivity index (χ1v) is 10.9. The number of aryl methyl sites for hydroxylation is 1. The Labute approximate surface area is 165 Å². The molecule has 0 spiro atoms. The zero-order chi connectivity index (χ0) is 20.5. The third kappa shape index (κ3) is 2.99. The molecule has 1 amide bonds. The van der Waals surface area contributed by atoms with Gasteiger partial charge in [0.15, 0.2) is 16.1 Å². The van der Waals surface area contributed by atoms with Crippen LogP contribution in [0.15, 0.2) is 53.4 Å². The molecule has 150 valence electrons. The van der Waals surface area contributed by atoms with E-state index >= 15 is 0 Å². The summed E-state index contributed by atoms with van der Waals surface area (Å²) in [4.78, 5) is 12.7. The normalized spacial score (nSPS) is 21.5. The van der Waals surface area contributed by atoms with E-state index in [-0.39, 0.29) is 17.0 Å². The van der Waals surface area contributed by atoms with Gasteiger partial charge in [-0.25, -0.2) is 18.1 Å². The van der Waals surface area contributed by atoms with Gasteiger partial charge in [-0.2, -0.15) is 0 Å². The van der Waals surface area contributed by atoms with Gasteiger partial charge in [0.2, 0.25) is 0 Å². The van der Waals surface area contributed by atoms with Crippen LogP contribution in [-0.4, -0.2) is 31.0 Å². The smallest absolute Gasteiger partial charge is 0.414 e. The van der Waals surface area contributed by atoms with Crippen LogP contribution in [0.1, 0.15) is 43.7 Å². The van der Waals surface area contributed by atoms with Gasteiger partial charge in [-0.05, 0) is 31.5 Å². The summed E-state index contributed by atoms with van der Waals surface area (Å²) in [7, 11) is -4.08. The zero-order valence-corrected chi connectivity index (χ0v) is 16.8. The van der Waals surface area contributed by atoms with Gasteiger partial charge in [-0.1, -0.05) is 62.1 Å². The maximum atomic E-state index is 13.8. The third-order valence-electron chi connectivity index (χ3n) is 5.45. The second-order valence-corrected chi connectivity index (χ2v) is 9.41. The summed E-state index contributed by atoms with van der Waals surface area (Å²) in [5, 5.41) is 20.8. The van der Waals surface area contributed by atoms with Crippen LogP contribution >= 0.6 is 0 Å². The summed E-state index contributed by atoms with van der Waals surface area (Å²) < 4.78 is 25.9. The fourth-order valence-electron chi connectivity index (χ4n) is 3.98. The van der Waals surface area contributed by atoms with E-state index < -0.39 is 26.9 Å². The van der Waals surface area contributed by atoms with Crippen LogP contribution < -0.4 is 4.90 Å². The van der Waals surface area contributed by atoms with E-state index in [0.29, 0.717) is 12.0 Å². The number of fused-ring (bicyclic) bond motifs is 1. The number of para-hydroxylation sites is 1. The molecule has 0 saturated carbocycles. The highest BCUT2D eigenvalue weighted by Crippen LogP contribution is 2.52. The van der Waals surface area contributed by atoms with Crippen molar-refractivity contribution in [1.29, 1.82) is 0 Å². The number of anilines is 1. The molecule has 2 unspecified atom stereocenters. The minimum atomic E-state index is -4.08. The average Bonchev–Trinajstić information content (AvgIpc) is 2.92. The highest BCUT2D eigenvalue weighted by Gasteiger charge is 2.60. The quantitative estimate of drug-likeness (QED) is 0.709. The number of amides is 1. The average molecular weight is 404 g/mol. The van der Waals surface area contributed by atoms with E-state index in [9.17, 15) is 23.4 Å². The van der Waals surface area contributed by atoms with Crippen LogP contribution in [0, 0.1) is 6.92 Å². The molecule has 7 heteroatoms. The molecule has 2 atom stereocenters. The van der Waals surface area contributed by atoms with Crippen molar-refractivity contribution in [2.45, 2.75) is 55.4 Å². The van der Waals surface area contributed by atoms with E-state index in [1.165, 1.54) is 12.1 Å². The van der Waals surface area contributed by atoms with Gasteiger partial charge in [-0.15, -0.1) is 0 Å². The van der Waals surface area contributed by atoms with Crippen molar-refractivity contribution in [1.82, 2.24) is 0 Å². The van der Waals surface area contributed by atoms with Gasteiger partial charge < -0.3 is 10.2 Å². The summed E-state index contributed by atoms with van der Waals surface area (Å²) in [6, 6.07) is 12.9. The number of carboxylic acid groups (broad SMARTS) is 1. The largest absolute Gasteiger partial charge is 0.465 e. The number of hydrogen-bond acceptors (Lipinski definition) is 4. The Hall–Kier alpha value is -2.38. The molecule has 0 aliphatic carbocycles. The molecule has 0 saturated heterocycles. The van der Waals surface area contributed by atoms with Crippen molar-refractivity contribution >= 4 is 21.6 Å². The predicted molar refractivity (Wildman–Crippen MR) is 107 cm³/mol. The van der Waals surface area contributed by atoms with Gasteiger partial charge in [0, 0.05) is 5.56 Å². The van der Waals surface area contributed by atoms with E-state index in [1.54, 1.807) is 36.4 Å². The monoisotopic (exact) mass is 403 g/mol. The van der Waals surface area contributed by atoms with Crippen LogP contribution in [0.2, 0.25) is 0 Å². The van der Waals surface area contributed by atoms with Gasteiger partial charge in [0.05, 0.1) is 10.6 Å². The molecular formula is C21H25NO5S. The molecule has 0 aromatic heterocycles. The molecule has 6 nitrogen and oxygen atoms in total. The molecule has 2 N–H and O–H groups in total. The summed E-state index contributed by atoms with van der Waals surface area (Å²) in [6.45, 7) is 3.86. The molecule has 3 rings (SSSR count). The Morgan fingerprint density at radius 2 is 1.75 bits per heavy atom. The van der Waals surface area contributed by atoms with Crippen molar-refractivity contribution in [3.63, 3.8) is 0 Å². The lowest BCUT2D eigenvalue weighted by Gasteiger charge is -2.34. The number of carbonyl (C=O) groups is 1. The molecule has 1 aliphatic rings. The maximum Gasteiger partial charge on any atom is 0.414 e. The Morgan fingerprint density at radius 1 is 1.11 bits per heavy atom. The Balaban J connectivity index is 2.27. The van der Waals surface area contributed by atoms with E-state index in [1.807, 2.05) is 13.8 Å². The number of nitrogens with zero attached hydrogens (tertiary/aromatic N) is 1. The van der Waals surface area contributed by atoms with Gasteiger partial charge in [-0.3, -0.25) is 0 Å². The first-order valence-electron chi connectivity index (χ1n) is 9.38. The Morgan fingerprint density at radius 3 is 2.36 bits per heavy atom. The van der Waals surface area contributed by atoms with Gasteiger partial charge in [0.1, 0.15) is 4.75 Å². The predicted octanol–water partition coefficient (Wildman–Crippen LogP) is 4.06. The standard InChI is InChI=1S/C21H25NO5S/c1-3-4-7-14-21(28(26,27)16-12-10-15(2)11-13-16)17-8-5-6-9-18(17)22(19(21)23)20(24)25/h5-6,8-13,19,23H,3-4,7,14H2,1-2H3,(H,24,25). The van der Waals surface area contributed by atoms with Crippen LogP contribution in [-0.2, 0) is 14.6 Å². The molecule has 0 bridgehead atoms. The first-order chi connectivity index (χ1) is 13.3. The SMILES string of the molecule is CCCCCC1(S(=O)(=O)c2ccc(C)cc2)c2ccccc2N(C(=O)O)C1O. The highest BCUT2D eigenvalue weighted by molar-refractivity contribution is 7.92. The number of aliphatic hydroxyl groups excluding tert-OH is 1. The molecule has 1 heterocycles. The van der Waals surface area contributed by atoms with Gasteiger partial charge >= 0.3 is 6.09 Å². The van der Waals surface area contributed by atoms with Crippen molar-refractivity contribution in [3.8, 4) is 0 Å².